The molecule has 4 nitrogen and oxygen atoms in total. The predicted molar refractivity (Wildman–Crippen MR) is 74.8 cm³/mol. The minimum Gasteiger partial charge on any atom is -0.481 e. The summed E-state index contributed by atoms with van der Waals surface area (Å²) in [5.74, 6) is -0.537. The van der Waals surface area contributed by atoms with Gasteiger partial charge in [0.2, 0.25) is 0 Å². The van der Waals surface area contributed by atoms with Crippen LogP contribution in [-0.2, 0) is 9.59 Å². The Kier molecular flexibility index (Phi) is 22.5. The lowest BCUT2D eigenvalue weighted by Gasteiger charge is -2.04. The van der Waals surface area contributed by atoms with Crippen LogP contribution in [0.5, 0.6) is 0 Å². The van der Waals surface area contributed by atoms with Gasteiger partial charge in [-0.25, -0.2) is 0 Å². The van der Waals surface area contributed by atoms with Crippen LogP contribution >= 0.6 is 0 Å². The van der Waals surface area contributed by atoms with Gasteiger partial charge in [-0.1, -0.05) is 60.3 Å². The van der Waals surface area contributed by atoms with E-state index in [2.05, 4.69) is 20.8 Å². The zero-order valence-corrected chi connectivity index (χ0v) is 12.5. The highest BCUT2D eigenvalue weighted by atomic mass is 16.4. The third-order valence-corrected chi connectivity index (χ3v) is 2.35. The standard InChI is InChI=1S/C8H18.2C3H6O2/c1-4-6-7-8(3)5-2;2*1-2-3(4)5/h8H,4-7H2,1-3H3;2*2H2,1H3,(H,4,5). The summed E-state index contributed by atoms with van der Waals surface area (Å²) in [4.78, 5) is 18.7. The van der Waals surface area contributed by atoms with Gasteiger partial charge in [0.1, 0.15) is 0 Å². The molecule has 1 unspecified atom stereocenters. The van der Waals surface area contributed by atoms with Gasteiger partial charge in [0.25, 0.3) is 0 Å². The van der Waals surface area contributed by atoms with Crippen LogP contribution in [0.25, 0.3) is 0 Å². The van der Waals surface area contributed by atoms with Crippen LogP contribution in [0.15, 0.2) is 0 Å². The second kappa shape index (κ2) is 18.3. The highest BCUT2D eigenvalue weighted by Crippen LogP contribution is 2.09. The van der Waals surface area contributed by atoms with E-state index in [4.69, 9.17) is 10.2 Å². The van der Waals surface area contributed by atoms with E-state index in [1.807, 2.05) is 0 Å². The topological polar surface area (TPSA) is 74.6 Å². The van der Waals surface area contributed by atoms with Gasteiger partial charge >= 0.3 is 11.9 Å². The van der Waals surface area contributed by atoms with Gasteiger partial charge < -0.3 is 10.2 Å². The Morgan fingerprint density at radius 1 is 0.944 bits per heavy atom. The molecule has 0 aliphatic rings. The minimum absolute atomic E-state index is 0.222. The molecule has 0 saturated heterocycles. The lowest BCUT2D eigenvalue weighted by Crippen LogP contribution is -1.89. The molecule has 18 heavy (non-hydrogen) atoms. The summed E-state index contributed by atoms with van der Waals surface area (Å²) in [6, 6.07) is 0. The van der Waals surface area contributed by atoms with E-state index in [9.17, 15) is 9.59 Å². The number of carbonyl (C=O) groups is 2. The summed E-state index contributed by atoms with van der Waals surface area (Å²) < 4.78 is 0. The van der Waals surface area contributed by atoms with Crippen molar-refractivity contribution in [2.24, 2.45) is 5.92 Å². The molecule has 0 spiro atoms. The van der Waals surface area contributed by atoms with Crippen LogP contribution < -0.4 is 0 Å². The molecule has 0 aromatic rings. The lowest BCUT2D eigenvalue weighted by atomic mass is 10.0. The largest absolute Gasteiger partial charge is 0.481 e. The van der Waals surface area contributed by atoms with Crippen LogP contribution in [0.3, 0.4) is 0 Å². The van der Waals surface area contributed by atoms with Gasteiger partial charge in [-0.2, -0.15) is 0 Å². The van der Waals surface area contributed by atoms with Gasteiger partial charge in [0.15, 0.2) is 0 Å². The Balaban J connectivity index is -0.000000197. The van der Waals surface area contributed by atoms with Crippen molar-refractivity contribution < 1.29 is 19.8 Å². The van der Waals surface area contributed by atoms with Crippen molar-refractivity contribution in [1.29, 1.82) is 0 Å². The summed E-state index contributed by atoms with van der Waals surface area (Å²) >= 11 is 0. The maximum Gasteiger partial charge on any atom is 0.303 e. The SMILES string of the molecule is CCC(=O)O.CCC(=O)O.CCCCC(C)CC. The zero-order chi connectivity index (χ0) is 15.0. The van der Waals surface area contributed by atoms with Crippen molar-refractivity contribution >= 4 is 11.9 Å². The molecule has 0 radical (unpaired) electrons. The predicted octanol–water partition coefficient (Wildman–Crippen LogP) is 4.18. The summed E-state index contributed by atoms with van der Waals surface area (Å²) in [5, 5.41) is 15.4. The van der Waals surface area contributed by atoms with Crippen LogP contribution in [-0.4, -0.2) is 22.2 Å². The van der Waals surface area contributed by atoms with Gasteiger partial charge in [-0.05, 0) is 5.92 Å². The van der Waals surface area contributed by atoms with E-state index in [0.717, 1.165) is 5.92 Å². The van der Waals surface area contributed by atoms with E-state index < -0.39 is 11.9 Å². The molecule has 0 aromatic heterocycles. The lowest BCUT2D eigenvalue weighted by molar-refractivity contribution is -0.137. The quantitative estimate of drug-likeness (QED) is 0.752. The van der Waals surface area contributed by atoms with Crippen molar-refractivity contribution in [2.45, 2.75) is 73.1 Å². The number of aliphatic carboxylic acids is 2. The molecular formula is C14H30O4. The molecule has 0 aliphatic heterocycles. The average Bonchev–Trinajstić information content (AvgIpc) is 2.37. The second-order valence-electron chi connectivity index (χ2n) is 4.15. The molecule has 4 heteroatoms. The Morgan fingerprint density at radius 3 is 1.44 bits per heavy atom. The summed E-state index contributed by atoms with van der Waals surface area (Å²) in [7, 11) is 0. The third-order valence-electron chi connectivity index (χ3n) is 2.35. The molecule has 0 bridgehead atoms. The Hall–Kier alpha value is -1.06. The number of carboxylic acid groups (broad SMARTS) is 2. The van der Waals surface area contributed by atoms with E-state index in [1.54, 1.807) is 13.8 Å². The first-order valence-corrected chi connectivity index (χ1v) is 6.78. The van der Waals surface area contributed by atoms with Gasteiger partial charge in [0.05, 0.1) is 0 Å². The first-order chi connectivity index (χ1) is 8.35. The van der Waals surface area contributed by atoms with Gasteiger partial charge in [-0.3, -0.25) is 9.59 Å². The first-order valence-electron chi connectivity index (χ1n) is 6.78. The molecule has 0 heterocycles. The fourth-order valence-electron chi connectivity index (χ4n) is 0.757. The van der Waals surface area contributed by atoms with Crippen molar-refractivity contribution in [1.82, 2.24) is 0 Å². The molecule has 0 saturated carbocycles. The maximum atomic E-state index is 9.37. The van der Waals surface area contributed by atoms with E-state index in [0.29, 0.717) is 0 Å². The molecule has 0 rings (SSSR count). The van der Waals surface area contributed by atoms with Gasteiger partial charge in [0, 0.05) is 12.8 Å². The smallest absolute Gasteiger partial charge is 0.303 e. The highest BCUT2D eigenvalue weighted by molar-refractivity contribution is 5.66. The minimum atomic E-state index is -0.745. The van der Waals surface area contributed by atoms with E-state index in [-0.39, 0.29) is 12.8 Å². The zero-order valence-electron chi connectivity index (χ0n) is 12.5. The van der Waals surface area contributed by atoms with Gasteiger partial charge in [-0.15, -0.1) is 0 Å². The van der Waals surface area contributed by atoms with Crippen LogP contribution in [0.1, 0.15) is 73.1 Å². The Morgan fingerprint density at radius 2 is 1.28 bits per heavy atom. The maximum absolute atomic E-state index is 9.37. The van der Waals surface area contributed by atoms with E-state index >= 15 is 0 Å². The normalized spacial score (nSPS) is 10.3. The van der Waals surface area contributed by atoms with Crippen LogP contribution in [0.2, 0.25) is 0 Å². The monoisotopic (exact) mass is 262 g/mol. The average molecular weight is 262 g/mol. The van der Waals surface area contributed by atoms with Crippen molar-refractivity contribution in [3.8, 4) is 0 Å². The molecule has 110 valence electrons. The molecule has 2 N–H and O–H groups in total. The molecule has 0 amide bonds. The number of hydrogen-bond acceptors (Lipinski definition) is 2. The number of unbranched alkanes of at least 4 members (excludes halogenated alkanes) is 1. The number of carboxylic acids is 2. The fraction of sp³-hybridized carbons (Fsp3) is 0.857. The molecule has 0 aromatic carbocycles. The Labute approximate surface area is 111 Å². The van der Waals surface area contributed by atoms with Crippen LogP contribution in [0, 0.1) is 5.92 Å². The number of hydrogen-bond donors (Lipinski definition) is 2. The van der Waals surface area contributed by atoms with E-state index in [1.165, 1.54) is 25.7 Å². The van der Waals surface area contributed by atoms with Crippen LogP contribution in [0.4, 0.5) is 0 Å². The van der Waals surface area contributed by atoms with Crippen molar-refractivity contribution in [3.05, 3.63) is 0 Å². The summed E-state index contributed by atoms with van der Waals surface area (Å²) in [5.41, 5.74) is 0. The highest BCUT2D eigenvalue weighted by Gasteiger charge is 1.94. The summed E-state index contributed by atoms with van der Waals surface area (Å²) in [6.45, 7) is 10.0. The molecular weight excluding hydrogens is 232 g/mol. The van der Waals surface area contributed by atoms with Crippen molar-refractivity contribution in [3.63, 3.8) is 0 Å². The second-order valence-corrected chi connectivity index (χ2v) is 4.15. The summed E-state index contributed by atoms with van der Waals surface area (Å²) in [6.07, 6.45) is 5.98. The fourth-order valence-corrected chi connectivity index (χ4v) is 0.757. The molecule has 0 aliphatic carbocycles. The third kappa shape index (κ3) is 36.3. The Bertz CT molecular complexity index is 176. The first kappa shape index (κ1) is 22.1. The van der Waals surface area contributed by atoms with Crippen molar-refractivity contribution in [2.75, 3.05) is 0 Å². The molecule has 0 fully saturated rings. The number of rotatable bonds is 6. The molecule has 1 atom stereocenters.